The van der Waals surface area contributed by atoms with Crippen LogP contribution in [0.3, 0.4) is 0 Å². The summed E-state index contributed by atoms with van der Waals surface area (Å²) in [6.45, 7) is 8.31. The first kappa shape index (κ1) is 17.9. The molecule has 4 aliphatic carbocycles. The van der Waals surface area contributed by atoms with E-state index in [1.165, 1.54) is 0 Å². The van der Waals surface area contributed by atoms with E-state index >= 15 is 0 Å². The van der Waals surface area contributed by atoms with Crippen LogP contribution in [0, 0.1) is 52.2 Å². The van der Waals surface area contributed by atoms with E-state index in [0.29, 0.717) is 19.3 Å². The number of carbonyl (C=O) groups is 1. The van der Waals surface area contributed by atoms with Crippen LogP contribution >= 0.6 is 0 Å². The first-order chi connectivity index (χ1) is 15.6. The lowest BCUT2D eigenvalue weighted by Crippen LogP contribution is -2.62. The van der Waals surface area contributed by atoms with Crippen LogP contribution in [0.4, 0.5) is 0 Å². The average molecular weight is 425 g/mol. The maximum absolute atomic E-state index is 11.9. The summed E-state index contributed by atoms with van der Waals surface area (Å²) in [7, 11) is 0. The molecule has 4 aliphatic rings. The largest absolute Gasteiger partial charge is 0.481 e. The first-order valence-electron chi connectivity index (χ1n) is 14.2. The van der Waals surface area contributed by atoms with E-state index in [9.17, 15) is 22.9 Å². The number of fused-ring (bicyclic) bond motifs is 5. The Morgan fingerprint density at radius 2 is 1.77 bits per heavy atom. The van der Waals surface area contributed by atoms with Crippen molar-refractivity contribution in [3.05, 3.63) is 0 Å². The van der Waals surface area contributed by atoms with Crippen molar-refractivity contribution in [3.8, 4) is 0 Å². The molecule has 0 amide bonds. The summed E-state index contributed by atoms with van der Waals surface area (Å²) in [5.74, 6) is -3.16. The summed E-state index contributed by atoms with van der Waals surface area (Å²) in [6.07, 6.45) is 1.11. The second-order valence-electron chi connectivity index (χ2n) is 11.4. The van der Waals surface area contributed by atoms with Crippen LogP contribution in [0.1, 0.15) is 97.3 Å². The van der Waals surface area contributed by atoms with Crippen molar-refractivity contribution in [1.82, 2.24) is 0 Å². The predicted octanol–water partition coefficient (Wildman–Crippen LogP) is 5.11. The fraction of sp³-hybridized carbons (Fsp3) is 0.962. The number of hydrogen-bond acceptors (Lipinski definition) is 3. The third-order valence-electron chi connectivity index (χ3n) is 10.2. The highest BCUT2D eigenvalue weighted by molar-refractivity contribution is 5.66. The smallest absolute Gasteiger partial charge is 0.303 e. The highest BCUT2D eigenvalue weighted by atomic mass is 16.4. The van der Waals surface area contributed by atoms with Crippen molar-refractivity contribution in [3.63, 3.8) is 0 Å². The summed E-state index contributed by atoms with van der Waals surface area (Å²) in [5, 5.41) is 31.7. The molecule has 4 saturated carbocycles. The van der Waals surface area contributed by atoms with Crippen LogP contribution in [0.15, 0.2) is 0 Å². The fourth-order valence-corrected chi connectivity index (χ4v) is 8.74. The van der Waals surface area contributed by atoms with Crippen molar-refractivity contribution in [2.24, 2.45) is 52.2 Å². The Labute approximate surface area is 188 Å². The van der Waals surface area contributed by atoms with Gasteiger partial charge in [0.2, 0.25) is 0 Å². The molecule has 3 N–H and O–H groups in total. The summed E-state index contributed by atoms with van der Waals surface area (Å²) in [6, 6.07) is 0. The van der Waals surface area contributed by atoms with Crippen molar-refractivity contribution < 1.29 is 25.6 Å². The molecule has 0 aromatic heterocycles. The molecule has 1 unspecified atom stereocenters. The Balaban J connectivity index is 1.71. The van der Waals surface area contributed by atoms with Crippen LogP contribution in [0.2, 0.25) is 0 Å². The van der Waals surface area contributed by atoms with Gasteiger partial charge in [-0.2, -0.15) is 0 Å². The Morgan fingerprint density at radius 3 is 2.43 bits per heavy atom. The summed E-state index contributed by atoms with van der Waals surface area (Å²) < 4.78 is 34.7. The molecule has 0 aromatic carbocycles. The fourth-order valence-electron chi connectivity index (χ4n) is 8.74. The number of hydrogen-bond donors (Lipinski definition) is 3. The van der Waals surface area contributed by atoms with Crippen LogP contribution in [-0.4, -0.2) is 33.5 Å². The normalized spacial score (nSPS) is 58.9. The van der Waals surface area contributed by atoms with Gasteiger partial charge in [-0.25, -0.2) is 0 Å². The minimum absolute atomic E-state index is 0.0381. The molecule has 4 fully saturated rings. The minimum atomic E-state index is -2.27. The van der Waals surface area contributed by atoms with Crippen molar-refractivity contribution in [2.45, 2.75) is 104 Å². The summed E-state index contributed by atoms with van der Waals surface area (Å²) >= 11 is 0. The van der Waals surface area contributed by atoms with E-state index in [4.69, 9.17) is 2.74 Å². The van der Waals surface area contributed by atoms with Gasteiger partial charge < -0.3 is 15.3 Å². The molecule has 4 rings (SSSR count). The van der Waals surface area contributed by atoms with Crippen LogP contribution in [-0.2, 0) is 4.79 Å². The second kappa shape index (κ2) is 8.06. The van der Waals surface area contributed by atoms with Gasteiger partial charge in [0.1, 0.15) is 0 Å². The highest BCUT2D eigenvalue weighted by Gasteiger charge is 2.64. The van der Waals surface area contributed by atoms with E-state index in [-0.39, 0.29) is 52.8 Å². The average Bonchev–Trinajstić information content (AvgIpc) is 3.10. The molecular weight excluding hydrogens is 376 g/mol. The number of carboxylic acid groups (broad SMARTS) is 1. The summed E-state index contributed by atoms with van der Waals surface area (Å²) in [5.41, 5.74) is -0.406. The standard InChI is InChI=1S/C26H44O4/c1-5-17-21-14-16(27)10-12-26(21,4)20-11-13-25(3)18(15(2)6-9-22(28)29)7-8-19(25)23(20)24(17)30/h15-21,23-24,27,30H,5-14H2,1-4H3,(H,28,29)/t15-,16-,17?,18-,19+,20+,21+,23+,24-,25-,26-/m1/s1/i9D2,17D,24D. The number of rotatable bonds is 5. The number of aliphatic carboxylic acids is 1. The molecule has 0 aromatic rings. The maximum Gasteiger partial charge on any atom is 0.303 e. The zero-order valence-corrected chi connectivity index (χ0v) is 19.2. The van der Waals surface area contributed by atoms with E-state index in [0.717, 1.165) is 32.1 Å². The van der Waals surface area contributed by atoms with Crippen LogP contribution in [0.25, 0.3) is 0 Å². The molecule has 11 atom stereocenters. The topological polar surface area (TPSA) is 77.8 Å². The number of carboxylic acids is 1. The van der Waals surface area contributed by atoms with Gasteiger partial charge in [0.15, 0.2) is 0 Å². The molecule has 0 radical (unpaired) electrons. The molecule has 4 nitrogen and oxygen atoms in total. The lowest BCUT2D eigenvalue weighted by Gasteiger charge is -2.64. The molecule has 0 saturated heterocycles. The lowest BCUT2D eigenvalue weighted by molar-refractivity contribution is -0.203. The van der Waals surface area contributed by atoms with Gasteiger partial charge in [-0.1, -0.05) is 34.1 Å². The first-order valence-corrected chi connectivity index (χ1v) is 12.2. The van der Waals surface area contributed by atoms with Gasteiger partial charge in [0.05, 0.1) is 13.6 Å². The van der Waals surface area contributed by atoms with Crippen molar-refractivity contribution >= 4 is 5.97 Å². The quantitative estimate of drug-likeness (QED) is 0.573. The molecule has 0 aliphatic heterocycles. The molecule has 0 heterocycles. The van der Waals surface area contributed by atoms with E-state index in [1.807, 2.05) is 13.8 Å². The van der Waals surface area contributed by atoms with E-state index < -0.39 is 30.4 Å². The van der Waals surface area contributed by atoms with Crippen molar-refractivity contribution in [2.75, 3.05) is 0 Å². The highest BCUT2D eigenvalue weighted by Crippen LogP contribution is 2.69. The van der Waals surface area contributed by atoms with E-state index in [1.54, 1.807) is 0 Å². The van der Waals surface area contributed by atoms with Gasteiger partial charge >= 0.3 is 5.97 Å². The van der Waals surface area contributed by atoms with E-state index in [2.05, 4.69) is 13.8 Å². The van der Waals surface area contributed by atoms with Gasteiger partial charge in [0, 0.05) is 10.5 Å². The molecule has 30 heavy (non-hydrogen) atoms. The van der Waals surface area contributed by atoms with Gasteiger partial charge in [0.25, 0.3) is 0 Å². The molecule has 0 spiro atoms. The Kier molecular flexibility index (Phi) is 4.81. The van der Waals surface area contributed by atoms with Gasteiger partial charge in [-0.05, 0) is 104 Å². The van der Waals surface area contributed by atoms with Crippen molar-refractivity contribution in [1.29, 1.82) is 0 Å². The molecule has 0 bridgehead atoms. The molecule has 4 heteroatoms. The minimum Gasteiger partial charge on any atom is -0.481 e. The zero-order valence-electron chi connectivity index (χ0n) is 23.2. The third kappa shape index (κ3) is 3.36. The second-order valence-corrected chi connectivity index (χ2v) is 11.4. The predicted molar refractivity (Wildman–Crippen MR) is 118 cm³/mol. The SMILES string of the molecule is [2H]C([2H])(C[C@@H](C)[C@H]1CC[C@H]2[C@H]3[C@H](CC[C@]12C)[C@@]1(C)CC[C@@H](O)C[C@H]1C([2H])(CC)[C@@]3([2H])O)C(=O)O. The number of aliphatic hydroxyl groups excluding tert-OH is 1. The van der Waals surface area contributed by atoms with Crippen LogP contribution < -0.4 is 0 Å². The molecule has 172 valence electrons. The Hall–Kier alpha value is -0.610. The lowest BCUT2D eigenvalue weighted by atomic mass is 9.41. The zero-order chi connectivity index (χ0) is 25.5. The third-order valence-corrected chi connectivity index (χ3v) is 10.2. The number of aliphatic hydroxyl groups is 2. The summed E-state index contributed by atoms with van der Waals surface area (Å²) in [4.78, 5) is 11.4. The van der Waals surface area contributed by atoms with Gasteiger partial charge in [-0.3, -0.25) is 4.79 Å². The molecular formula is C26H44O4. The maximum atomic E-state index is 11.9. The van der Waals surface area contributed by atoms with Gasteiger partial charge in [-0.15, -0.1) is 0 Å². The van der Waals surface area contributed by atoms with Crippen LogP contribution in [0.5, 0.6) is 0 Å². The Morgan fingerprint density at radius 1 is 1.10 bits per heavy atom. The Bertz CT molecular complexity index is 821. The monoisotopic (exact) mass is 424 g/mol.